The van der Waals surface area contributed by atoms with Crippen molar-refractivity contribution >= 4 is 11.9 Å². The molecule has 5 nitrogen and oxygen atoms in total. The Labute approximate surface area is 147 Å². The van der Waals surface area contributed by atoms with Crippen molar-refractivity contribution < 1.29 is 19.4 Å². The predicted octanol–water partition coefficient (Wildman–Crippen LogP) is 3.40. The highest BCUT2D eigenvalue weighted by Crippen LogP contribution is 2.20. The lowest BCUT2D eigenvalue weighted by molar-refractivity contribution is -0.137. The molecule has 5 heteroatoms. The average Bonchev–Trinajstić information content (AvgIpc) is 2.58. The summed E-state index contributed by atoms with van der Waals surface area (Å²) in [6, 6.07) is 14.5. The molecule has 0 saturated heterocycles. The van der Waals surface area contributed by atoms with Crippen molar-refractivity contribution in [3.05, 3.63) is 65.2 Å². The molecular weight excluding hydrogens is 318 g/mol. The van der Waals surface area contributed by atoms with Crippen LogP contribution in [0.25, 0.3) is 0 Å². The van der Waals surface area contributed by atoms with Crippen molar-refractivity contribution in [1.82, 2.24) is 5.32 Å². The third kappa shape index (κ3) is 5.95. The first-order valence-electron chi connectivity index (χ1n) is 8.22. The largest absolute Gasteiger partial charge is 0.493 e. The zero-order valence-electron chi connectivity index (χ0n) is 14.5. The van der Waals surface area contributed by atoms with Crippen LogP contribution in [0.5, 0.6) is 5.75 Å². The number of ether oxygens (including phenoxy) is 1. The van der Waals surface area contributed by atoms with E-state index in [4.69, 9.17) is 9.84 Å². The van der Waals surface area contributed by atoms with Gasteiger partial charge in [0, 0.05) is 0 Å². The second-order valence-electron chi connectivity index (χ2n) is 6.00. The van der Waals surface area contributed by atoms with Crippen LogP contribution in [0.2, 0.25) is 0 Å². The summed E-state index contributed by atoms with van der Waals surface area (Å²) in [5.74, 6) is -0.431. The smallest absolute Gasteiger partial charge is 0.305 e. The number of rotatable bonds is 8. The molecule has 0 aliphatic rings. The Morgan fingerprint density at radius 2 is 1.84 bits per heavy atom. The van der Waals surface area contributed by atoms with Crippen LogP contribution in [0.3, 0.4) is 0 Å². The van der Waals surface area contributed by atoms with Gasteiger partial charge in [-0.15, -0.1) is 0 Å². The van der Waals surface area contributed by atoms with E-state index < -0.39 is 12.0 Å². The van der Waals surface area contributed by atoms with Crippen LogP contribution in [0.15, 0.2) is 48.5 Å². The van der Waals surface area contributed by atoms with Gasteiger partial charge in [0.15, 0.2) is 0 Å². The Morgan fingerprint density at radius 3 is 2.52 bits per heavy atom. The third-order valence-electron chi connectivity index (χ3n) is 3.85. The number of carbonyl (C=O) groups is 2. The van der Waals surface area contributed by atoms with E-state index in [1.165, 1.54) is 0 Å². The second kappa shape index (κ2) is 8.87. The van der Waals surface area contributed by atoms with E-state index in [2.05, 4.69) is 5.32 Å². The number of nitrogens with one attached hydrogen (secondary N) is 1. The second-order valence-corrected chi connectivity index (χ2v) is 6.00. The maximum atomic E-state index is 12.2. The molecule has 132 valence electrons. The number of carboxylic acid groups (broad SMARTS) is 1. The van der Waals surface area contributed by atoms with E-state index in [9.17, 15) is 9.59 Å². The summed E-state index contributed by atoms with van der Waals surface area (Å²) in [4.78, 5) is 23.2. The Balaban J connectivity index is 1.90. The van der Waals surface area contributed by atoms with Crippen molar-refractivity contribution in [1.29, 1.82) is 0 Å². The average molecular weight is 341 g/mol. The van der Waals surface area contributed by atoms with Crippen molar-refractivity contribution in [3.63, 3.8) is 0 Å². The Kier molecular flexibility index (Phi) is 6.57. The summed E-state index contributed by atoms with van der Waals surface area (Å²) in [6.07, 6.45) is 0.00390. The number of aliphatic carboxylic acids is 1. The van der Waals surface area contributed by atoms with E-state index in [0.717, 1.165) is 22.4 Å². The van der Waals surface area contributed by atoms with E-state index in [1.54, 1.807) is 12.1 Å². The monoisotopic (exact) mass is 341 g/mol. The normalized spacial score (nSPS) is 11.6. The Bertz CT molecular complexity index is 728. The number of amides is 1. The van der Waals surface area contributed by atoms with Crippen LogP contribution in [-0.2, 0) is 9.59 Å². The number of carbonyl (C=O) groups excluding carboxylic acids is 1. The highest BCUT2D eigenvalue weighted by molar-refractivity contribution is 5.77. The van der Waals surface area contributed by atoms with Gasteiger partial charge in [0.25, 0.3) is 0 Å². The lowest BCUT2D eigenvalue weighted by Crippen LogP contribution is -2.31. The summed E-state index contributed by atoms with van der Waals surface area (Å²) in [5, 5.41) is 11.8. The molecule has 2 aromatic carbocycles. The highest BCUT2D eigenvalue weighted by atomic mass is 16.5. The number of carboxylic acids is 1. The molecule has 2 rings (SSSR count). The Hall–Kier alpha value is -2.82. The van der Waals surface area contributed by atoms with Gasteiger partial charge in [0.1, 0.15) is 5.75 Å². The van der Waals surface area contributed by atoms with Gasteiger partial charge in [0.05, 0.1) is 25.5 Å². The number of hydrogen-bond acceptors (Lipinski definition) is 3. The van der Waals surface area contributed by atoms with E-state index in [-0.39, 0.29) is 25.4 Å². The topological polar surface area (TPSA) is 75.6 Å². The summed E-state index contributed by atoms with van der Waals surface area (Å²) < 4.78 is 5.68. The summed E-state index contributed by atoms with van der Waals surface area (Å²) in [7, 11) is 0. The van der Waals surface area contributed by atoms with Gasteiger partial charge in [-0.2, -0.15) is 0 Å². The number of hydrogen-bond donors (Lipinski definition) is 2. The molecule has 0 aromatic heterocycles. The van der Waals surface area contributed by atoms with Gasteiger partial charge >= 0.3 is 5.97 Å². The zero-order chi connectivity index (χ0) is 18.2. The molecule has 0 spiro atoms. The molecule has 0 heterocycles. The number of aryl methyl sites for hydroxylation is 2. The fourth-order valence-corrected chi connectivity index (χ4v) is 2.50. The van der Waals surface area contributed by atoms with Gasteiger partial charge in [-0.1, -0.05) is 42.5 Å². The minimum absolute atomic E-state index is 0.159. The molecule has 0 aliphatic heterocycles. The molecule has 0 radical (unpaired) electrons. The van der Waals surface area contributed by atoms with Gasteiger partial charge in [-0.05, 0) is 36.6 Å². The third-order valence-corrected chi connectivity index (χ3v) is 3.85. The SMILES string of the molecule is Cc1ccc(C)c(OCCC(=O)NC(CC(=O)O)c2ccccc2)c1. The van der Waals surface area contributed by atoms with Gasteiger partial charge in [-0.3, -0.25) is 9.59 Å². The summed E-state index contributed by atoms with van der Waals surface area (Å²) in [6.45, 7) is 4.17. The first-order chi connectivity index (χ1) is 12.0. The van der Waals surface area contributed by atoms with Gasteiger partial charge in [-0.25, -0.2) is 0 Å². The molecule has 0 saturated carbocycles. The quantitative estimate of drug-likeness (QED) is 0.771. The van der Waals surface area contributed by atoms with Gasteiger partial charge < -0.3 is 15.2 Å². The van der Waals surface area contributed by atoms with Crippen molar-refractivity contribution in [2.75, 3.05) is 6.61 Å². The first-order valence-corrected chi connectivity index (χ1v) is 8.22. The standard InChI is InChI=1S/C20H23NO4/c1-14-8-9-15(2)18(12-14)25-11-10-19(22)21-17(13-20(23)24)16-6-4-3-5-7-16/h3-9,12,17H,10-11,13H2,1-2H3,(H,21,22)(H,23,24). The van der Waals surface area contributed by atoms with Crippen molar-refractivity contribution in [2.45, 2.75) is 32.7 Å². The Morgan fingerprint density at radius 1 is 1.12 bits per heavy atom. The molecule has 25 heavy (non-hydrogen) atoms. The molecule has 1 unspecified atom stereocenters. The van der Waals surface area contributed by atoms with E-state index >= 15 is 0 Å². The minimum Gasteiger partial charge on any atom is -0.493 e. The minimum atomic E-state index is -0.958. The maximum absolute atomic E-state index is 12.2. The van der Waals surface area contributed by atoms with Gasteiger partial charge in [0.2, 0.25) is 5.91 Å². The van der Waals surface area contributed by atoms with Crippen LogP contribution in [0.4, 0.5) is 0 Å². The molecule has 1 atom stereocenters. The van der Waals surface area contributed by atoms with E-state index in [0.29, 0.717) is 0 Å². The lowest BCUT2D eigenvalue weighted by atomic mass is 10.0. The lowest BCUT2D eigenvalue weighted by Gasteiger charge is -2.17. The molecule has 2 aromatic rings. The van der Waals surface area contributed by atoms with Crippen LogP contribution < -0.4 is 10.1 Å². The molecule has 2 N–H and O–H groups in total. The van der Waals surface area contributed by atoms with Crippen LogP contribution in [0, 0.1) is 13.8 Å². The van der Waals surface area contributed by atoms with Crippen LogP contribution >= 0.6 is 0 Å². The van der Waals surface area contributed by atoms with Crippen molar-refractivity contribution in [2.24, 2.45) is 0 Å². The fourth-order valence-electron chi connectivity index (χ4n) is 2.50. The fraction of sp³-hybridized carbons (Fsp3) is 0.300. The molecular formula is C20H23NO4. The van der Waals surface area contributed by atoms with Crippen LogP contribution in [0.1, 0.15) is 35.6 Å². The summed E-state index contributed by atoms with van der Waals surface area (Å²) in [5.41, 5.74) is 2.88. The summed E-state index contributed by atoms with van der Waals surface area (Å²) >= 11 is 0. The predicted molar refractivity (Wildman–Crippen MR) is 95.6 cm³/mol. The first kappa shape index (κ1) is 18.5. The molecule has 0 aliphatic carbocycles. The zero-order valence-corrected chi connectivity index (χ0v) is 14.5. The number of benzene rings is 2. The maximum Gasteiger partial charge on any atom is 0.305 e. The molecule has 0 bridgehead atoms. The van der Waals surface area contributed by atoms with E-state index in [1.807, 2.05) is 50.2 Å². The van der Waals surface area contributed by atoms with Crippen LogP contribution in [-0.4, -0.2) is 23.6 Å². The highest BCUT2D eigenvalue weighted by Gasteiger charge is 2.17. The molecule has 0 fully saturated rings. The van der Waals surface area contributed by atoms with Crippen molar-refractivity contribution in [3.8, 4) is 5.75 Å². The molecule has 1 amide bonds.